The summed E-state index contributed by atoms with van der Waals surface area (Å²) >= 11 is 4.56. The van der Waals surface area contributed by atoms with Gasteiger partial charge in [-0.1, -0.05) is 18.1 Å². The molecule has 2 saturated carbocycles. The Balaban J connectivity index is 1.38. The van der Waals surface area contributed by atoms with Gasteiger partial charge in [-0.25, -0.2) is 9.97 Å². The number of thiocarbonyl (C=S) groups is 1. The highest BCUT2D eigenvalue weighted by molar-refractivity contribution is 7.78. The highest BCUT2D eigenvalue weighted by atomic mass is 32.1. The van der Waals surface area contributed by atoms with E-state index in [2.05, 4.69) is 68.4 Å². The van der Waals surface area contributed by atoms with E-state index in [1.807, 2.05) is 0 Å². The van der Waals surface area contributed by atoms with Crippen molar-refractivity contribution in [1.29, 1.82) is 0 Å². The maximum atomic E-state index is 4.56. The van der Waals surface area contributed by atoms with Crippen molar-refractivity contribution in [2.75, 3.05) is 0 Å². The van der Waals surface area contributed by atoms with Gasteiger partial charge < -0.3 is 0 Å². The molecule has 2 aliphatic rings. The van der Waals surface area contributed by atoms with Crippen LogP contribution in [0.3, 0.4) is 0 Å². The summed E-state index contributed by atoms with van der Waals surface area (Å²) in [5.41, 5.74) is 3.04. The third kappa shape index (κ3) is 4.25. The number of benzene rings is 1. The number of aliphatic imine (C=N–C) groups is 1. The summed E-state index contributed by atoms with van der Waals surface area (Å²) in [7, 11) is 0. The number of isothiocyanates is 1. The number of hydrogen-bond acceptors (Lipinski definition) is 4. The molecule has 4 rings (SSSR count). The van der Waals surface area contributed by atoms with E-state index < -0.39 is 0 Å². The minimum Gasteiger partial charge on any atom is -0.227 e. The first kappa shape index (κ1) is 17.1. The van der Waals surface area contributed by atoms with Gasteiger partial charge in [0.2, 0.25) is 5.82 Å². The van der Waals surface area contributed by atoms with Gasteiger partial charge in [0.15, 0.2) is 0 Å². The topological polar surface area (TPSA) is 38.1 Å². The van der Waals surface area contributed by atoms with Crippen molar-refractivity contribution >= 4 is 23.1 Å². The van der Waals surface area contributed by atoms with Gasteiger partial charge in [0, 0.05) is 5.56 Å². The third-order valence-electron chi connectivity index (χ3n) is 5.57. The summed E-state index contributed by atoms with van der Waals surface area (Å²) in [4.78, 5) is 12.2. The standard InChI is InChI=1S/C22H21N3S/c26-15-25-21-13-23-22(24-14-21)12-3-16-1-4-17(5-2-16)18-6-8-19(9-7-18)20-10-11-20/h1-2,4-5,13-14,18-20H,6-11H2. The van der Waals surface area contributed by atoms with Gasteiger partial charge in [-0.3, -0.25) is 0 Å². The Kier molecular flexibility index (Phi) is 5.20. The average molecular weight is 359 g/mol. The molecule has 26 heavy (non-hydrogen) atoms. The molecule has 2 fully saturated rings. The predicted molar refractivity (Wildman–Crippen MR) is 107 cm³/mol. The second-order valence-electron chi connectivity index (χ2n) is 7.29. The Hall–Kier alpha value is -2.34. The summed E-state index contributed by atoms with van der Waals surface area (Å²) in [5, 5.41) is 2.30. The summed E-state index contributed by atoms with van der Waals surface area (Å²) in [6, 6.07) is 8.70. The third-order valence-corrected chi connectivity index (χ3v) is 5.67. The zero-order valence-electron chi connectivity index (χ0n) is 14.7. The molecule has 0 amide bonds. The van der Waals surface area contributed by atoms with Gasteiger partial charge in [-0.15, -0.1) is 0 Å². The maximum Gasteiger partial charge on any atom is 0.205 e. The molecule has 2 aliphatic carbocycles. The molecule has 0 radical (unpaired) electrons. The highest BCUT2D eigenvalue weighted by Gasteiger charge is 2.34. The first-order valence-electron chi connectivity index (χ1n) is 9.34. The number of nitrogens with zero attached hydrogens (tertiary/aromatic N) is 3. The molecular formula is C22H21N3S. The minimum absolute atomic E-state index is 0.482. The van der Waals surface area contributed by atoms with Crippen molar-refractivity contribution in [1.82, 2.24) is 9.97 Å². The lowest BCUT2D eigenvalue weighted by atomic mass is 9.77. The van der Waals surface area contributed by atoms with Gasteiger partial charge in [0.1, 0.15) is 5.69 Å². The normalized spacial score (nSPS) is 22.0. The summed E-state index contributed by atoms with van der Waals surface area (Å²) in [6.45, 7) is 0. The molecule has 3 nitrogen and oxygen atoms in total. The molecule has 4 heteroatoms. The van der Waals surface area contributed by atoms with Crippen LogP contribution in [0.15, 0.2) is 41.7 Å². The molecule has 2 aromatic rings. The first-order valence-corrected chi connectivity index (χ1v) is 9.74. The summed E-state index contributed by atoms with van der Waals surface area (Å²) in [5.74, 6) is 9.41. The van der Waals surface area contributed by atoms with Crippen LogP contribution in [0.25, 0.3) is 0 Å². The zero-order valence-corrected chi connectivity index (χ0v) is 15.5. The Morgan fingerprint density at radius 1 is 0.846 bits per heavy atom. The van der Waals surface area contributed by atoms with Crippen LogP contribution in [-0.2, 0) is 0 Å². The van der Waals surface area contributed by atoms with Gasteiger partial charge in [0.05, 0.1) is 17.6 Å². The fourth-order valence-corrected chi connectivity index (χ4v) is 4.06. The number of aromatic nitrogens is 2. The lowest BCUT2D eigenvalue weighted by Crippen LogP contribution is -2.14. The Bertz CT molecular complexity index is 858. The largest absolute Gasteiger partial charge is 0.227 e. The molecule has 0 saturated heterocycles. The monoisotopic (exact) mass is 359 g/mol. The fraction of sp³-hybridized carbons (Fsp3) is 0.409. The van der Waals surface area contributed by atoms with Crippen LogP contribution >= 0.6 is 12.2 Å². The lowest BCUT2D eigenvalue weighted by molar-refractivity contribution is 0.296. The molecule has 1 aromatic heterocycles. The summed E-state index contributed by atoms with van der Waals surface area (Å²) in [6.07, 6.45) is 11.7. The molecule has 0 aliphatic heterocycles. The molecule has 1 aromatic carbocycles. The molecule has 130 valence electrons. The average Bonchev–Trinajstić information content (AvgIpc) is 3.54. The van der Waals surface area contributed by atoms with E-state index in [4.69, 9.17) is 0 Å². The van der Waals surface area contributed by atoms with E-state index in [1.165, 1.54) is 44.1 Å². The molecule has 0 N–H and O–H groups in total. The van der Waals surface area contributed by atoms with E-state index in [9.17, 15) is 0 Å². The number of hydrogen-bond donors (Lipinski definition) is 0. The molecule has 0 atom stereocenters. The van der Waals surface area contributed by atoms with Crippen LogP contribution in [0.4, 0.5) is 5.69 Å². The smallest absolute Gasteiger partial charge is 0.205 e. The van der Waals surface area contributed by atoms with Crippen molar-refractivity contribution < 1.29 is 0 Å². The van der Waals surface area contributed by atoms with Crippen LogP contribution in [0.5, 0.6) is 0 Å². The second kappa shape index (κ2) is 7.91. The predicted octanol–water partition coefficient (Wildman–Crippen LogP) is 5.29. The fourth-order valence-electron chi connectivity index (χ4n) is 3.95. The van der Waals surface area contributed by atoms with E-state index >= 15 is 0 Å². The lowest BCUT2D eigenvalue weighted by Gasteiger charge is -2.28. The van der Waals surface area contributed by atoms with Gasteiger partial charge in [-0.05, 0) is 92.1 Å². The van der Waals surface area contributed by atoms with Gasteiger partial charge in [-0.2, -0.15) is 4.99 Å². The van der Waals surface area contributed by atoms with Crippen molar-refractivity contribution in [3.8, 4) is 11.8 Å². The zero-order chi connectivity index (χ0) is 17.8. The van der Waals surface area contributed by atoms with Crippen molar-refractivity contribution in [2.45, 2.75) is 44.4 Å². The van der Waals surface area contributed by atoms with Crippen LogP contribution in [-0.4, -0.2) is 15.1 Å². The van der Waals surface area contributed by atoms with Crippen LogP contribution in [0, 0.1) is 23.7 Å². The van der Waals surface area contributed by atoms with Crippen molar-refractivity contribution in [3.05, 3.63) is 53.6 Å². The molecular weight excluding hydrogens is 338 g/mol. The second-order valence-corrected chi connectivity index (χ2v) is 7.47. The van der Waals surface area contributed by atoms with E-state index in [1.54, 1.807) is 12.4 Å². The quantitative estimate of drug-likeness (QED) is 0.424. The van der Waals surface area contributed by atoms with E-state index in [0.717, 1.165) is 23.3 Å². The Labute approximate surface area is 160 Å². The van der Waals surface area contributed by atoms with Crippen LogP contribution < -0.4 is 0 Å². The van der Waals surface area contributed by atoms with Crippen LogP contribution in [0.1, 0.15) is 61.4 Å². The van der Waals surface area contributed by atoms with Crippen molar-refractivity contribution in [3.63, 3.8) is 0 Å². The molecule has 1 heterocycles. The number of rotatable bonds is 3. The Morgan fingerprint density at radius 3 is 2.04 bits per heavy atom. The van der Waals surface area contributed by atoms with Crippen LogP contribution in [0.2, 0.25) is 0 Å². The molecule has 0 unspecified atom stereocenters. The van der Waals surface area contributed by atoms with Gasteiger partial charge in [0.25, 0.3) is 0 Å². The first-order chi connectivity index (χ1) is 12.8. The van der Waals surface area contributed by atoms with Gasteiger partial charge >= 0.3 is 0 Å². The van der Waals surface area contributed by atoms with Crippen molar-refractivity contribution in [2.24, 2.45) is 16.8 Å². The Morgan fingerprint density at radius 2 is 1.46 bits per heavy atom. The molecule has 0 bridgehead atoms. The van der Waals surface area contributed by atoms with E-state index in [-0.39, 0.29) is 0 Å². The van der Waals surface area contributed by atoms with E-state index in [0.29, 0.717) is 11.5 Å². The molecule has 0 spiro atoms. The highest BCUT2D eigenvalue weighted by Crippen LogP contribution is 2.47. The maximum absolute atomic E-state index is 4.56. The minimum atomic E-state index is 0.482. The summed E-state index contributed by atoms with van der Waals surface area (Å²) < 4.78 is 0. The SMILES string of the molecule is S=C=Nc1cnc(C#Cc2ccc(C3CCC(C4CC4)CC3)cc2)nc1.